The maximum atomic E-state index is 12.1. The van der Waals surface area contributed by atoms with Crippen molar-refractivity contribution in [2.75, 3.05) is 0 Å². The molecule has 3 aromatic rings. The number of hydrogen-bond acceptors (Lipinski definition) is 2. The van der Waals surface area contributed by atoms with Crippen LogP contribution in [0, 0.1) is 6.92 Å². The second-order valence-electron chi connectivity index (χ2n) is 5.67. The van der Waals surface area contributed by atoms with Gasteiger partial charge in [0.05, 0.1) is 12.0 Å². The Morgan fingerprint density at radius 2 is 1.71 bits per heavy atom. The van der Waals surface area contributed by atoms with Crippen LogP contribution in [0.3, 0.4) is 0 Å². The number of rotatable bonds is 4. The number of nitrogens with two attached hydrogens (primary N) is 1. The molecule has 0 aliphatic carbocycles. The van der Waals surface area contributed by atoms with Crippen molar-refractivity contribution >= 4 is 22.6 Å². The van der Waals surface area contributed by atoms with Crippen molar-refractivity contribution in [2.45, 2.75) is 13.3 Å². The number of fused-ring (bicyclic) bond motifs is 1. The van der Waals surface area contributed by atoms with Crippen LogP contribution in [0.25, 0.3) is 10.8 Å². The molecule has 3 rings (SSSR count). The van der Waals surface area contributed by atoms with Crippen LogP contribution >= 0.6 is 0 Å². The highest BCUT2D eigenvalue weighted by molar-refractivity contribution is 5.93. The summed E-state index contributed by atoms with van der Waals surface area (Å²) in [6.07, 6.45) is 0.176. The summed E-state index contributed by atoms with van der Waals surface area (Å²) in [5.74, 6) is -0.0808. The first-order valence-corrected chi connectivity index (χ1v) is 7.75. The second-order valence-corrected chi connectivity index (χ2v) is 5.67. The van der Waals surface area contributed by atoms with E-state index >= 15 is 0 Å². The zero-order valence-electron chi connectivity index (χ0n) is 13.5. The molecule has 0 saturated carbocycles. The van der Waals surface area contributed by atoms with Gasteiger partial charge in [-0.1, -0.05) is 65.3 Å². The smallest absolute Gasteiger partial charge is 0.284 e. The van der Waals surface area contributed by atoms with Gasteiger partial charge in [0.25, 0.3) is 0 Å². The zero-order chi connectivity index (χ0) is 16.9. The van der Waals surface area contributed by atoms with Crippen molar-refractivity contribution in [3.63, 3.8) is 0 Å². The molecule has 4 nitrogen and oxygen atoms in total. The van der Waals surface area contributed by atoms with Crippen LogP contribution in [0.2, 0.25) is 0 Å². The highest BCUT2D eigenvalue weighted by Gasteiger charge is 2.11. The lowest BCUT2D eigenvalue weighted by molar-refractivity contribution is -0.724. The lowest BCUT2D eigenvalue weighted by Crippen LogP contribution is -2.75. The van der Waals surface area contributed by atoms with Gasteiger partial charge in [0, 0.05) is 0 Å². The molecule has 0 radical (unpaired) electrons. The maximum absolute atomic E-state index is 12.1. The molecule has 0 fully saturated rings. The summed E-state index contributed by atoms with van der Waals surface area (Å²) in [5.41, 5.74) is 8.75. The number of nitrogen functional groups attached to an aromatic ring is 1. The first kappa shape index (κ1) is 15.7. The van der Waals surface area contributed by atoms with Crippen molar-refractivity contribution in [1.82, 2.24) is 0 Å². The predicted molar refractivity (Wildman–Crippen MR) is 94.2 cm³/mol. The van der Waals surface area contributed by atoms with Crippen molar-refractivity contribution in [3.05, 3.63) is 83.4 Å². The van der Waals surface area contributed by atoms with Crippen molar-refractivity contribution in [3.8, 4) is 0 Å². The molecule has 0 unspecified atom stereocenters. The molecular weight excluding hydrogens is 300 g/mol. The molecule has 0 atom stereocenters. The summed E-state index contributed by atoms with van der Waals surface area (Å²) in [6, 6.07) is 21.5. The first-order chi connectivity index (χ1) is 11.6. The fraction of sp³-hybridized carbons (Fsp3) is 0.100. The Bertz CT molecular complexity index is 894. The highest BCUT2D eigenvalue weighted by Crippen LogP contribution is 2.18. The quantitative estimate of drug-likeness (QED) is 0.332. The zero-order valence-corrected chi connectivity index (χ0v) is 13.5. The number of carbonyl (C=O) groups is 1. The topological polar surface area (TPSA) is 66.3 Å². The van der Waals surface area contributed by atoms with Crippen molar-refractivity contribution in [1.29, 1.82) is 0 Å². The van der Waals surface area contributed by atoms with E-state index in [1.165, 1.54) is 0 Å². The fourth-order valence-corrected chi connectivity index (χ4v) is 2.54. The average molecular weight is 319 g/mol. The number of benzene rings is 3. The molecule has 0 aliphatic heterocycles. The SMILES string of the molecule is Cc1ccc(C(N)=[NH+]OC(=O)Cc2cccc3ccccc23)cc1. The fourth-order valence-electron chi connectivity index (χ4n) is 2.54. The minimum atomic E-state index is -0.388. The van der Waals surface area contributed by atoms with E-state index in [1.54, 1.807) is 0 Å². The standard InChI is InChI=1S/C20H18N2O2/c1-14-9-11-16(12-10-14)20(21)22-24-19(23)13-17-7-4-6-15-5-2-3-8-18(15)17/h2-12H,13H2,1H3,(H2,21,22)/p+1. The molecule has 0 saturated heterocycles. The summed E-state index contributed by atoms with van der Waals surface area (Å²) in [6.45, 7) is 2.00. The lowest BCUT2D eigenvalue weighted by atomic mass is 10.0. The van der Waals surface area contributed by atoms with E-state index in [1.807, 2.05) is 73.7 Å². The van der Waals surface area contributed by atoms with Gasteiger partial charge in [-0.25, -0.2) is 4.79 Å². The molecule has 0 spiro atoms. The summed E-state index contributed by atoms with van der Waals surface area (Å²) < 4.78 is 0. The number of aryl methyl sites for hydroxylation is 1. The molecule has 24 heavy (non-hydrogen) atoms. The molecule has 0 heterocycles. The molecule has 0 amide bonds. The minimum Gasteiger partial charge on any atom is -0.284 e. The Hall–Kier alpha value is -3.14. The van der Waals surface area contributed by atoms with Crippen LogP contribution in [0.15, 0.2) is 66.7 Å². The van der Waals surface area contributed by atoms with Gasteiger partial charge in [0.15, 0.2) is 0 Å². The van der Waals surface area contributed by atoms with E-state index in [0.29, 0.717) is 5.84 Å². The van der Waals surface area contributed by atoms with Crippen LogP contribution in [0.5, 0.6) is 0 Å². The van der Waals surface area contributed by atoms with Gasteiger partial charge in [-0.3, -0.25) is 10.6 Å². The van der Waals surface area contributed by atoms with E-state index < -0.39 is 0 Å². The normalized spacial score (nSPS) is 11.5. The van der Waals surface area contributed by atoms with Gasteiger partial charge >= 0.3 is 11.8 Å². The minimum absolute atomic E-state index is 0.176. The summed E-state index contributed by atoms with van der Waals surface area (Å²) >= 11 is 0. The summed E-state index contributed by atoms with van der Waals surface area (Å²) in [4.78, 5) is 17.2. The Labute approximate surface area is 140 Å². The van der Waals surface area contributed by atoms with Crippen LogP contribution < -0.4 is 10.9 Å². The van der Waals surface area contributed by atoms with Crippen molar-refractivity contribution in [2.24, 2.45) is 5.73 Å². The number of carbonyl (C=O) groups excluding carboxylic acids is 1. The van der Waals surface area contributed by atoms with Gasteiger partial charge in [-0.05, 0) is 35.4 Å². The van der Waals surface area contributed by atoms with E-state index in [2.05, 4.69) is 5.16 Å². The Kier molecular flexibility index (Phi) is 4.57. The number of nitrogens with one attached hydrogen (secondary N) is 1. The van der Waals surface area contributed by atoms with Gasteiger partial charge in [-0.15, -0.1) is 0 Å². The summed E-state index contributed by atoms with van der Waals surface area (Å²) in [5, 5.41) is 4.68. The molecule has 120 valence electrons. The molecule has 0 aromatic heterocycles. The molecular formula is C20H19N2O2+. The largest absolute Gasteiger partial charge is 0.361 e. The third-order valence-electron chi connectivity index (χ3n) is 3.85. The van der Waals surface area contributed by atoms with E-state index in [-0.39, 0.29) is 12.4 Å². The van der Waals surface area contributed by atoms with Crippen LogP contribution in [-0.2, 0) is 16.1 Å². The average Bonchev–Trinajstić information content (AvgIpc) is 2.61. The predicted octanol–water partition coefficient (Wildman–Crippen LogP) is 1.64. The molecule has 0 bridgehead atoms. The van der Waals surface area contributed by atoms with E-state index in [4.69, 9.17) is 10.6 Å². The Balaban J connectivity index is 1.71. The molecule has 4 heteroatoms. The third-order valence-corrected chi connectivity index (χ3v) is 3.85. The van der Waals surface area contributed by atoms with Gasteiger partial charge in [0.2, 0.25) is 0 Å². The maximum Gasteiger partial charge on any atom is 0.361 e. The van der Waals surface area contributed by atoms with Crippen LogP contribution in [0.1, 0.15) is 16.7 Å². The third kappa shape index (κ3) is 3.60. The number of amidine groups is 1. The van der Waals surface area contributed by atoms with E-state index in [0.717, 1.165) is 27.5 Å². The van der Waals surface area contributed by atoms with Crippen molar-refractivity contribution < 1.29 is 14.8 Å². The highest BCUT2D eigenvalue weighted by atomic mass is 16.7. The first-order valence-electron chi connectivity index (χ1n) is 7.75. The number of hydrogen-bond donors (Lipinski definition) is 2. The monoisotopic (exact) mass is 319 g/mol. The van der Waals surface area contributed by atoms with Crippen LogP contribution in [0.4, 0.5) is 0 Å². The molecule has 3 N–H and O–H groups in total. The Morgan fingerprint density at radius 1 is 1.00 bits per heavy atom. The molecule has 0 aliphatic rings. The van der Waals surface area contributed by atoms with Gasteiger partial charge in [0.1, 0.15) is 0 Å². The summed E-state index contributed by atoms with van der Waals surface area (Å²) in [7, 11) is 0. The van der Waals surface area contributed by atoms with Crippen LogP contribution in [-0.4, -0.2) is 11.8 Å². The Morgan fingerprint density at radius 3 is 2.50 bits per heavy atom. The van der Waals surface area contributed by atoms with E-state index in [9.17, 15) is 4.79 Å². The van der Waals surface area contributed by atoms with Gasteiger partial charge < -0.3 is 0 Å². The lowest BCUT2D eigenvalue weighted by Gasteiger charge is -2.04. The second kappa shape index (κ2) is 6.96. The van der Waals surface area contributed by atoms with Gasteiger partial charge in [-0.2, -0.15) is 0 Å². The molecule has 3 aromatic carbocycles.